The molecule has 1 aromatic rings. The molecule has 5 aliphatic rings. The third kappa shape index (κ3) is 5.77. The van der Waals surface area contributed by atoms with Crippen LogP contribution in [0.5, 0.6) is 0 Å². The maximum atomic E-state index is 14.5. The fourth-order valence-electron chi connectivity index (χ4n) is 8.59. The van der Waals surface area contributed by atoms with E-state index in [1.165, 1.54) is 17.5 Å². The second kappa shape index (κ2) is 12.5. The largest absolute Gasteiger partial charge is 0.349 e. The number of aryl methyl sites for hydroxylation is 1. The number of carbonyl (C=O) groups excluding carboxylic acids is 4. The summed E-state index contributed by atoms with van der Waals surface area (Å²) < 4.78 is 0. The molecule has 7 atom stereocenters. The minimum atomic E-state index is -0.558. The smallest absolute Gasteiger partial charge is 0.245 e. The van der Waals surface area contributed by atoms with Gasteiger partial charge in [-0.1, -0.05) is 57.4 Å². The van der Waals surface area contributed by atoms with Gasteiger partial charge in [0.05, 0.1) is 12.0 Å². The summed E-state index contributed by atoms with van der Waals surface area (Å²) >= 11 is 0. The Labute approximate surface area is 250 Å². The number of benzene rings is 1. The number of hydrogen-bond donors (Lipinski definition) is 2. The quantitative estimate of drug-likeness (QED) is 0.427. The molecule has 4 aliphatic carbocycles. The summed E-state index contributed by atoms with van der Waals surface area (Å²) in [7, 11) is 0. The molecule has 42 heavy (non-hydrogen) atoms. The molecule has 6 rings (SSSR count). The van der Waals surface area contributed by atoms with E-state index < -0.39 is 12.0 Å². The lowest BCUT2D eigenvalue weighted by atomic mass is 9.82. The molecule has 1 heterocycles. The first-order chi connectivity index (χ1) is 20.4. The van der Waals surface area contributed by atoms with Crippen LogP contribution in [0.2, 0.25) is 0 Å². The van der Waals surface area contributed by atoms with Gasteiger partial charge >= 0.3 is 0 Å². The fourth-order valence-corrected chi connectivity index (χ4v) is 8.59. The maximum absolute atomic E-state index is 14.5. The molecule has 2 N–H and O–H groups in total. The average molecular weight is 576 g/mol. The van der Waals surface area contributed by atoms with Crippen LogP contribution in [0.4, 0.5) is 0 Å². The standard InChI is InChI=1S/C35H49N3O4/c1-3-21(2)33(40)37-30(23-11-5-4-6-12-23)35(42)38-19-18-26-27(32(39)24-16-17-24)20-28(31(26)38)34(41)36-29-15-9-13-22-10-7-8-14-25(22)29/h7-8,10,14,21,23-24,26-31H,3-6,9,11-13,15-20H2,1-2H3,(H,36,41)(H,37,40)/t21-,26+,27?,28+,29-,30+,31+/m1/s1. The van der Waals surface area contributed by atoms with Gasteiger partial charge in [-0.25, -0.2) is 0 Å². The third-order valence-corrected chi connectivity index (χ3v) is 11.3. The van der Waals surface area contributed by atoms with Crippen molar-refractivity contribution in [3.05, 3.63) is 35.4 Å². The molecule has 1 aromatic carbocycles. The van der Waals surface area contributed by atoms with Crippen LogP contribution >= 0.6 is 0 Å². The normalized spacial score (nSPS) is 30.6. The molecule has 7 nitrogen and oxygen atoms in total. The first-order valence-electron chi connectivity index (χ1n) is 16.9. The van der Waals surface area contributed by atoms with E-state index in [9.17, 15) is 19.2 Å². The van der Waals surface area contributed by atoms with E-state index in [-0.39, 0.29) is 59.4 Å². The Kier molecular flexibility index (Phi) is 8.74. The van der Waals surface area contributed by atoms with Gasteiger partial charge in [0, 0.05) is 30.3 Å². The summed E-state index contributed by atoms with van der Waals surface area (Å²) in [4.78, 5) is 57.1. The zero-order valence-corrected chi connectivity index (χ0v) is 25.5. The molecule has 3 saturated carbocycles. The van der Waals surface area contributed by atoms with Crippen LogP contribution in [0.25, 0.3) is 0 Å². The molecule has 1 aliphatic heterocycles. The summed E-state index contributed by atoms with van der Waals surface area (Å²) in [6, 6.07) is 7.50. The van der Waals surface area contributed by atoms with Gasteiger partial charge < -0.3 is 15.5 Å². The zero-order valence-electron chi connectivity index (χ0n) is 25.5. The number of fused-ring (bicyclic) bond motifs is 2. The first kappa shape index (κ1) is 29.4. The van der Waals surface area contributed by atoms with Gasteiger partial charge in [0.2, 0.25) is 17.7 Å². The Bertz CT molecular complexity index is 1190. The lowest BCUT2D eigenvalue weighted by Gasteiger charge is -2.37. The van der Waals surface area contributed by atoms with Crippen molar-refractivity contribution in [2.45, 2.75) is 115 Å². The molecule has 1 unspecified atom stereocenters. The molecule has 4 fully saturated rings. The zero-order chi connectivity index (χ0) is 29.4. The van der Waals surface area contributed by atoms with Gasteiger partial charge in [0.1, 0.15) is 11.8 Å². The number of amides is 3. The van der Waals surface area contributed by atoms with Crippen molar-refractivity contribution in [3.63, 3.8) is 0 Å². The van der Waals surface area contributed by atoms with Gasteiger partial charge in [0.25, 0.3) is 0 Å². The van der Waals surface area contributed by atoms with Crippen LogP contribution in [-0.2, 0) is 25.6 Å². The van der Waals surface area contributed by atoms with Crippen molar-refractivity contribution in [2.75, 3.05) is 6.54 Å². The minimum absolute atomic E-state index is 0.0182. The summed E-state index contributed by atoms with van der Waals surface area (Å²) in [5.41, 5.74) is 2.49. The number of likely N-dealkylation sites (tertiary alicyclic amines) is 1. The molecule has 0 spiro atoms. The van der Waals surface area contributed by atoms with Gasteiger partial charge in [-0.15, -0.1) is 0 Å². The van der Waals surface area contributed by atoms with Crippen molar-refractivity contribution >= 4 is 23.5 Å². The Morgan fingerprint density at radius 2 is 1.69 bits per heavy atom. The van der Waals surface area contributed by atoms with Crippen molar-refractivity contribution < 1.29 is 19.2 Å². The third-order valence-electron chi connectivity index (χ3n) is 11.3. The van der Waals surface area contributed by atoms with Crippen LogP contribution in [0, 0.1) is 35.5 Å². The van der Waals surface area contributed by atoms with E-state index >= 15 is 0 Å². The minimum Gasteiger partial charge on any atom is -0.349 e. The average Bonchev–Trinajstić information content (AvgIpc) is 3.68. The van der Waals surface area contributed by atoms with E-state index in [1.54, 1.807) is 0 Å². The van der Waals surface area contributed by atoms with E-state index in [4.69, 9.17) is 0 Å². The van der Waals surface area contributed by atoms with Crippen LogP contribution < -0.4 is 10.6 Å². The summed E-state index contributed by atoms with van der Waals surface area (Å²) in [5.74, 6) is -0.235. The molecule has 7 heteroatoms. The highest BCUT2D eigenvalue weighted by Gasteiger charge is 2.57. The number of nitrogens with one attached hydrogen (secondary N) is 2. The Morgan fingerprint density at radius 3 is 2.43 bits per heavy atom. The molecule has 0 radical (unpaired) electrons. The van der Waals surface area contributed by atoms with Crippen LogP contribution in [-0.4, -0.2) is 47.0 Å². The molecular formula is C35H49N3O4. The summed E-state index contributed by atoms with van der Waals surface area (Å²) in [6.45, 7) is 4.47. The lowest BCUT2D eigenvalue weighted by molar-refractivity contribution is -0.142. The van der Waals surface area contributed by atoms with Gasteiger partial charge in [-0.2, -0.15) is 0 Å². The monoisotopic (exact) mass is 575 g/mol. The number of nitrogens with zero attached hydrogens (tertiary/aromatic N) is 1. The van der Waals surface area contributed by atoms with Gasteiger partial charge in [-0.3, -0.25) is 19.2 Å². The number of rotatable bonds is 9. The van der Waals surface area contributed by atoms with Gasteiger partial charge in [-0.05, 0) is 87.2 Å². The van der Waals surface area contributed by atoms with Crippen LogP contribution in [0.15, 0.2) is 24.3 Å². The molecular weight excluding hydrogens is 526 g/mol. The van der Waals surface area contributed by atoms with E-state index in [0.29, 0.717) is 18.7 Å². The van der Waals surface area contributed by atoms with Crippen LogP contribution in [0.1, 0.15) is 108 Å². The van der Waals surface area contributed by atoms with Crippen molar-refractivity contribution in [1.82, 2.24) is 15.5 Å². The summed E-state index contributed by atoms with van der Waals surface area (Å²) in [5, 5.41) is 6.56. The number of hydrogen-bond acceptors (Lipinski definition) is 4. The number of carbonyl (C=O) groups is 4. The van der Waals surface area contributed by atoms with E-state index in [2.05, 4.69) is 28.8 Å². The molecule has 228 valence electrons. The topological polar surface area (TPSA) is 95.6 Å². The molecule has 0 aromatic heterocycles. The van der Waals surface area contributed by atoms with Crippen molar-refractivity contribution in [1.29, 1.82) is 0 Å². The number of Topliss-reactive ketones (excluding diaryl/α,β-unsaturated/α-hetero) is 1. The summed E-state index contributed by atoms with van der Waals surface area (Å²) in [6.07, 6.45) is 12.1. The van der Waals surface area contributed by atoms with E-state index in [0.717, 1.165) is 70.6 Å². The highest BCUT2D eigenvalue weighted by atomic mass is 16.2. The predicted octanol–water partition coefficient (Wildman–Crippen LogP) is 5.12. The molecule has 3 amide bonds. The van der Waals surface area contributed by atoms with Crippen LogP contribution in [0.3, 0.4) is 0 Å². The fraction of sp³-hybridized carbons (Fsp3) is 0.714. The predicted molar refractivity (Wildman–Crippen MR) is 161 cm³/mol. The number of ketones is 1. The Morgan fingerprint density at radius 1 is 0.929 bits per heavy atom. The molecule has 0 bridgehead atoms. The van der Waals surface area contributed by atoms with Crippen molar-refractivity contribution in [3.8, 4) is 0 Å². The second-order valence-electron chi connectivity index (χ2n) is 13.9. The maximum Gasteiger partial charge on any atom is 0.245 e. The first-order valence-corrected chi connectivity index (χ1v) is 16.9. The second-order valence-corrected chi connectivity index (χ2v) is 13.9. The SMILES string of the molecule is CC[C@@H](C)C(=O)N[C@H](C(=O)N1CC[C@H]2C(C(=O)C3CC3)C[C@H](C(=O)N[C@@H]3CCCc4ccccc43)[C@H]21)C1CCCCC1. The Balaban J connectivity index is 1.26. The highest BCUT2D eigenvalue weighted by Crippen LogP contribution is 2.50. The van der Waals surface area contributed by atoms with E-state index in [1.807, 2.05) is 24.8 Å². The lowest BCUT2D eigenvalue weighted by Crippen LogP contribution is -2.56. The van der Waals surface area contributed by atoms with Crippen molar-refractivity contribution in [2.24, 2.45) is 35.5 Å². The molecule has 1 saturated heterocycles. The highest BCUT2D eigenvalue weighted by molar-refractivity contribution is 5.92. The van der Waals surface area contributed by atoms with Gasteiger partial charge in [0.15, 0.2) is 0 Å². The Hall–Kier alpha value is -2.70.